The first kappa shape index (κ1) is 11.4. The third kappa shape index (κ3) is 1.86. The summed E-state index contributed by atoms with van der Waals surface area (Å²) in [6.07, 6.45) is 6.88. The van der Waals surface area contributed by atoms with Gasteiger partial charge in [0.25, 0.3) is 0 Å². The summed E-state index contributed by atoms with van der Waals surface area (Å²) in [6, 6.07) is 10.2. The zero-order valence-electron chi connectivity index (χ0n) is 11.0. The molecule has 0 aliphatic heterocycles. The fourth-order valence-electron chi connectivity index (χ4n) is 4.02. The van der Waals surface area contributed by atoms with Gasteiger partial charge in [0.05, 0.1) is 11.6 Å². The van der Waals surface area contributed by atoms with Crippen LogP contribution in [0.1, 0.15) is 37.4 Å². The van der Waals surface area contributed by atoms with Gasteiger partial charge in [-0.05, 0) is 54.4 Å². The molecule has 3 unspecified atom stereocenters. The van der Waals surface area contributed by atoms with Crippen molar-refractivity contribution in [3.8, 4) is 0 Å². The monoisotopic (exact) mass is 253 g/mol. The number of rotatable bonds is 2. The summed E-state index contributed by atoms with van der Waals surface area (Å²) in [5, 5.41) is 11.8. The predicted octanol–water partition coefficient (Wildman–Crippen LogP) is 3.70. The molecule has 4 rings (SSSR count). The summed E-state index contributed by atoms with van der Waals surface area (Å²) >= 11 is 0. The lowest BCUT2D eigenvalue weighted by molar-refractivity contribution is 0.142. The van der Waals surface area contributed by atoms with Crippen LogP contribution in [0.2, 0.25) is 0 Å². The molecule has 2 aliphatic carbocycles. The molecule has 2 aliphatic rings. The molecule has 2 fully saturated rings. The van der Waals surface area contributed by atoms with Crippen LogP contribution in [-0.2, 0) is 0 Å². The highest BCUT2D eigenvalue weighted by Gasteiger charge is 2.54. The van der Waals surface area contributed by atoms with Gasteiger partial charge in [-0.2, -0.15) is 0 Å². The van der Waals surface area contributed by atoms with E-state index in [0.29, 0.717) is 5.92 Å². The van der Waals surface area contributed by atoms with Gasteiger partial charge in [0.2, 0.25) is 0 Å². The van der Waals surface area contributed by atoms with Crippen LogP contribution in [0.4, 0.5) is 0 Å². The van der Waals surface area contributed by atoms with E-state index in [-0.39, 0.29) is 6.10 Å². The lowest BCUT2D eigenvalue weighted by Gasteiger charge is -2.11. The van der Waals surface area contributed by atoms with Gasteiger partial charge < -0.3 is 5.11 Å². The molecule has 2 nitrogen and oxygen atoms in total. The number of hydrogen-bond acceptors (Lipinski definition) is 2. The van der Waals surface area contributed by atoms with Gasteiger partial charge in [0.15, 0.2) is 0 Å². The van der Waals surface area contributed by atoms with Gasteiger partial charge in [-0.3, -0.25) is 4.98 Å². The van der Waals surface area contributed by atoms with E-state index in [4.69, 9.17) is 0 Å². The smallest absolute Gasteiger partial charge is 0.0823 e. The Bertz CT molecular complexity index is 597. The first-order chi connectivity index (χ1) is 9.34. The molecule has 1 aromatic carbocycles. The second-order valence-electron chi connectivity index (χ2n) is 6.09. The van der Waals surface area contributed by atoms with Crippen molar-refractivity contribution in [2.45, 2.75) is 31.8 Å². The Morgan fingerprint density at radius 3 is 2.68 bits per heavy atom. The van der Waals surface area contributed by atoms with Crippen LogP contribution in [-0.4, -0.2) is 10.1 Å². The van der Waals surface area contributed by atoms with E-state index in [1.54, 1.807) is 0 Å². The Labute approximate surface area is 113 Å². The van der Waals surface area contributed by atoms with E-state index in [9.17, 15) is 5.11 Å². The van der Waals surface area contributed by atoms with E-state index in [1.165, 1.54) is 25.7 Å². The molecule has 2 heteroatoms. The molecule has 0 amide bonds. The van der Waals surface area contributed by atoms with Crippen molar-refractivity contribution in [2.75, 3.05) is 0 Å². The van der Waals surface area contributed by atoms with Crippen molar-refractivity contribution in [2.24, 2.45) is 17.8 Å². The Hall–Kier alpha value is -1.41. The molecule has 2 saturated carbocycles. The minimum Gasteiger partial charge on any atom is -0.388 e. The van der Waals surface area contributed by atoms with Gasteiger partial charge in [-0.1, -0.05) is 25.0 Å². The molecule has 19 heavy (non-hydrogen) atoms. The largest absolute Gasteiger partial charge is 0.388 e. The number of benzene rings is 1. The maximum atomic E-state index is 10.6. The van der Waals surface area contributed by atoms with Crippen LogP contribution in [0.5, 0.6) is 0 Å². The Morgan fingerprint density at radius 1 is 1.11 bits per heavy atom. The van der Waals surface area contributed by atoms with E-state index in [1.807, 2.05) is 24.4 Å². The van der Waals surface area contributed by atoms with Crippen molar-refractivity contribution in [3.05, 3.63) is 42.1 Å². The standard InChI is InChI=1S/C17H19NO/c19-17(16-13-5-1-2-6-14(13)16)12-7-8-15-11(10-12)4-3-9-18-15/h3-4,7-10,13-14,16-17,19H,1-2,5-6H2. The van der Waals surface area contributed by atoms with E-state index >= 15 is 0 Å². The molecule has 1 N–H and O–H groups in total. The summed E-state index contributed by atoms with van der Waals surface area (Å²) in [5.74, 6) is 2.08. The highest BCUT2D eigenvalue weighted by atomic mass is 16.3. The molecule has 0 bridgehead atoms. The third-order valence-electron chi connectivity index (χ3n) is 5.06. The number of nitrogens with zero attached hydrogens (tertiary/aromatic N) is 1. The van der Waals surface area contributed by atoms with Crippen LogP contribution in [0, 0.1) is 17.8 Å². The van der Waals surface area contributed by atoms with Crippen molar-refractivity contribution in [3.63, 3.8) is 0 Å². The highest BCUT2D eigenvalue weighted by Crippen LogP contribution is 2.60. The van der Waals surface area contributed by atoms with E-state index in [0.717, 1.165) is 28.3 Å². The molecule has 98 valence electrons. The zero-order valence-corrected chi connectivity index (χ0v) is 11.0. The molecular formula is C17H19NO. The molecular weight excluding hydrogens is 234 g/mol. The van der Waals surface area contributed by atoms with E-state index in [2.05, 4.69) is 17.1 Å². The Morgan fingerprint density at radius 2 is 1.89 bits per heavy atom. The number of aromatic nitrogens is 1. The molecule has 3 atom stereocenters. The fraction of sp³-hybridized carbons (Fsp3) is 0.471. The van der Waals surface area contributed by atoms with Gasteiger partial charge in [-0.15, -0.1) is 0 Å². The number of aliphatic hydroxyl groups is 1. The predicted molar refractivity (Wildman–Crippen MR) is 75.6 cm³/mol. The highest BCUT2D eigenvalue weighted by molar-refractivity contribution is 5.79. The van der Waals surface area contributed by atoms with Gasteiger partial charge in [0.1, 0.15) is 0 Å². The van der Waals surface area contributed by atoms with Crippen LogP contribution in [0.15, 0.2) is 36.5 Å². The molecule has 0 saturated heterocycles. The zero-order chi connectivity index (χ0) is 12.8. The number of fused-ring (bicyclic) bond motifs is 2. The van der Waals surface area contributed by atoms with Gasteiger partial charge >= 0.3 is 0 Å². The van der Waals surface area contributed by atoms with Crippen molar-refractivity contribution in [1.82, 2.24) is 4.98 Å². The minimum absolute atomic E-state index is 0.280. The second-order valence-corrected chi connectivity index (χ2v) is 6.09. The molecule has 1 aromatic heterocycles. The number of hydrogen-bond donors (Lipinski definition) is 1. The van der Waals surface area contributed by atoms with Gasteiger partial charge in [-0.25, -0.2) is 0 Å². The number of pyridine rings is 1. The maximum absolute atomic E-state index is 10.6. The molecule has 0 radical (unpaired) electrons. The normalized spacial score (nSPS) is 30.9. The van der Waals surface area contributed by atoms with E-state index < -0.39 is 0 Å². The van der Waals surface area contributed by atoms with Crippen molar-refractivity contribution in [1.29, 1.82) is 0 Å². The lowest BCUT2D eigenvalue weighted by Crippen LogP contribution is -2.02. The summed E-state index contributed by atoms with van der Waals surface area (Å²) in [5.41, 5.74) is 2.08. The molecule has 2 aromatic rings. The first-order valence-electron chi connectivity index (χ1n) is 7.37. The average molecular weight is 253 g/mol. The van der Waals surface area contributed by atoms with Crippen LogP contribution >= 0.6 is 0 Å². The summed E-state index contributed by atoms with van der Waals surface area (Å²) < 4.78 is 0. The third-order valence-corrected chi connectivity index (χ3v) is 5.06. The summed E-state index contributed by atoms with van der Waals surface area (Å²) in [7, 11) is 0. The fourth-order valence-corrected chi connectivity index (χ4v) is 4.02. The van der Waals surface area contributed by atoms with Crippen molar-refractivity contribution >= 4 is 10.9 Å². The molecule has 0 spiro atoms. The minimum atomic E-state index is -0.280. The number of aliphatic hydroxyl groups excluding tert-OH is 1. The van der Waals surface area contributed by atoms with Crippen LogP contribution < -0.4 is 0 Å². The topological polar surface area (TPSA) is 33.1 Å². The average Bonchev–Trinajstić information content (AvgIpc) is 3.20. The first-order valence-corrected chi connectivity index (χ1v) is 7.37. The Balaban J connectivity index is 1.63. The second kappa shape index (κ2) is 4.31. The lowest BCUT2D eigenvalue weighted by atomic mass is 10.0. The SMILES string of the molecule is OC(c1ccc2ncccc2c1)C1C2CCCCC21. The maximum Gasteiger partial charge on any atom is 0.0823 e. The van der Waals surface area contributed by atoms with Crippen LogP contribution in [0.25, 0.3) is 10.9 Å². The van der Waals surface area contributed by atoms with Crippen LogP contribution in [0.3, 0.4) is 0 Å². The molecule has 1 heterocycles. The summed E-state index contributed by atoms with van der Waals surface area (Å²) in [6.45, 7) is 0. The Kier molecular flexibility index (Phi) is 2.59. The van der Waals surface area contributed by atoms with Gasteiger partial charge in [0, 0.05) is 11.6 Å². The van der Waals surface area contributed by atoms with Crippen molar-refractivity contribution < 1.29 is 5.11 Å². The summed E-state index contributed by atoms with van der Waals surface area (Å²) in [4.78, 5) is 4.33. The quantitative estimate of drug-likeness (QED) is 0.885.